The minimum Gasteiger partial charge on any atom is -0.494 e. The number of ether oxygens (including phenoxy) is 2. The van der Waals surface area contributed by atoms with Gasteiger partial charge < -0.3 is 19.5 Å². The molecule has 1 aliphatic heterocycles. The van der Waals surface area contributed by atoms with Gasteiger partial charge in [-0.05, 0) is 31.0 Å². The van der Waals surface area contributed by atoms with Crippen LogP contribution in [0.3, 0.4) is 0 Å². The first-order valence-corrected chi connectivity index (χ1v) is 7.77. The first-order chi connectivity index (χ1) is 11.0. The molecular weight excluding hydrogens is 298 g/mol. The highest BCUT2D eigenvalue weighted by atomic mass is 16.5. The number of likely N-dealkylation sites (tertiary alicyclic amines) is 1. The third kappa shape index (κ3) is 3.82. The Bertz CT molecular complexity index is 574. The molecule has 1 aromatic rings. The second-order valence-corrected chi connectivity index (χ2v) is 5.87. The third-order valence-electron chi connectivity index (χ3n) is 4.07. The largest absolute Gasteiger partial charge is 0.494 e. The molecule has 1 N–H and O–H groups in total. The van der Waals surface area contributed by atoms with Crippen LogP contribution in [0.5, 0.6) is 5.75 Å². The van der Waals surface area contributed by atoms with Gasteiger partial charge >= 0.3 is 5.97 Å². The topological polar surface area (TPSA) is 76.1 Å². The van der Waals surface area contributed by atoms with Crippen molar-refractivity contribution in [1.29, 1.82) is 0 Å². The van der Waals surface area contributed by atoms with Crippen molar-refractivity contribution in [3.63, 3.8) is 0 Å². The summed E-state index contributed by atoms with van der Waals surface area (Å²) in [5, 5.41) is 9.47. The molecule has 6 nitrogen and oxygen atoms in total. The van der Waals surface area contributed by atoms with Crippen LogP contribution in [-0.2, 0) is 9.53 Å². The number of nitrogens with zero attached hydrogens (tertiary/aromatic N) is 1. The summed E-state index contributed by atoms with van der Waals surface area (Å²) in [6.45, 7) is 3.28. The van der Waals surface area contributed by atoms with Crippen LogP contribution in [0.2, 0.25) is 0 Å². The van der Waals surface area contributed by atoms with Gasteiger partial charge in [-0.2, -0.15) is 0 Å². The lowest BCUT2D eigenvalue weighted by Gasteiger charge is -2.23. The first kappa shape index (κ1) is 17.3. The molecule has 1 aromatic carbocycles. The van der Waals surface area contributed by atoms with Crippen LogP contribution in [0.1, 0.15) is 30.1 Å². The molecular formula is C17H23NO5. The molecule has 0 saturated carbocycles. The summed E-state index contributed by atoms with van der Waals surface area (Å²) in [5.74, 6) is -0.445. The number of carboxylic acid groups (broad SMARTS) is 1. The Morgan fingerprint density at radius 1 is 1.39 bits per heavy atom. The molecule has 6 heteroatoms. The fourth-order valence-electron chi connectivity index (χ4n) is 2.80. The number of methoxy groups -OCH3 is 1. The summed E-state index contributed by atoms with van der Waals surface area (Å²) in [6.07, 6.45) is 1.29. The molecule has 0 aromatic heterocycles. The number of carboxylic acids is 1. The van der Waals surface area contributed by atoms with Crippen molar-refractivity contribution >= 4 is 11.9 Å². The zero-order valence-electron chi connectivity index (χ0n) is 13.6. The van der Waals surface area contributed by atoms with E-state index in [-0.39, 0.29) is 19.1 Å². The first-order valence-electron chi connectivity index (χ1n) is 7.77. The number of aliphatic carboxylic acids is 1. The lowest BCUT2D eigenvalue weighted by molar-refractivity contribution is -0.151. The monoisotopic (exact) mass is 321 g/mol. The summed E-state index contributed by atoms with van der Waals surface area (Å²) in [4.78, 5) is 25.8. The number of carbonyl (C=O) groups excluding carboxylic acids is 1. The average Bonchev–Trinajstić information content (AvgIpc) is 2.98. The third-order valence-corrected chi connectivity index (χ3v) is 4.07. The lowest BCUT2D eigenvalue weighted by Crippen LogP contribution is -2.40. The Kier molecular flexibility index (Phi) is 5.60. The summed E-state index contributed by atoms with van der Waals surface area (Å²) in [5.41, 5.74) is -0.502. The SMILES string of the molecule is CCCOc1cccc(C(=O)N2CCC(COC)(C(=O)O)C2)c1. The molecule has 1 aliphatic rings. The summed E-state index contributed by atoms with van der Waals surface area (Å²) in [7, 11) is 1.48. The average molecular weight is 321 g/mol. The molecule has 2 rings (SSSR count). The van der Waals surface area contributed by atoms with E-state index in [2.05, 4.69) is 0 Å². The fourth-order valence-corrected chi connectivity index (χ4v) is 2.80. The van der Waals surface area contributed by atoms with E-state index in [4.69, 9.17) is 9.47 Å². The second kappa shape index (κ2) is 7.46. The molecule has 23 heavy (non-hydrogen) atoms. The van der Waals surface area contributed by atoms with Crippen molar-refractivity contribution in [2.45, 2.75) is 19.8 Å². The van der Waals surface area contributed by atoms with Crippen molar-refractivity contribution < 1.29 is 24.2 Å². The number of hydrogen-bond donors (Lipinski definition) is 1. The van der Waals surface area contributed by atoms with Gasteiger partial charge in [-0.25, -0.2) is 0 Å². The zero-order valence-corrected chi connectivity index (χ0v) is 13.6. The summed E-state index contributed by atoms with van der Waals surface area (Å²) in [6, 6.07) is 7.00. The highest BCUT2D eigenvalue weighted by Crippen LogP contribution is 2.32. The Balaban J connectivity index is 2.11. The minimum atomic E-state index is -1.01. The number of carbonyl (C=O) groups is 2. The van der Waals surface area contributed by atoms with Gasteiger partial charge in [-0.15, -0.1) is 0 Å². The van der Waals surface area contributed by atoms with Gasteiger partial charge in [0.05, 0.1) is 13.2 Å². The Labute approximate surface area is 136 Å². The van der Waals surface area contributed by atoms with Crippen LogP contribution in [0.15, 0.2) is 24.3 Å². The smallest absolute Gasteiger partial charge is 0.313 e. The Morgan fingerprint density at radius 3 is 2.83 bits per heavy atom. The van der Waals surface area contributed by atoms with Crippen molar-refractivity contribution in [3.8, 4) is 5.75 Å². The zero-order chi connectivity index (χ0) is 16.9. The predicted molar refractivity (Wildman–Crippen MR) is 84.7 cm³/mol. The van der Waals surface area contributed by atoms with E-state index in [1.165, 1.54) is 7.11 Å². The van der Waals surface area contributed by atoms with Crippen LogP contribution in [0.25, 0.3) is 0 Å². The summed E-state index contributed by atoms with van der Waals surface area (Å²) < 4.78 is 10.6. The van der Waals surface area contributed by atoms with E-state index >= 15 is 0 Å². The maximum absolute atomic E-state index is 12.6. The van der Waals surface area contributed by atoms with E-state index < -0.39 is 11.4 Å². The van der Waals surface area contributed by atoms with Crippen molar-refractivity contribution in [2.75, 3.05) is 33.4 Å². The molecule has 1 atom stereocenters. The van der Waals surface area contributed by atoms with Crippen LogP contribution < -0.4 is 4.74 Å². The van der Waals surface area contributed by atoms with E-state index in [0.29, 0.717) is 30.9 Å². The highest BCUT2D eigenvalue weighted by molar-refractivity contribution is 5.95. The van der Waals surface area contributed by atoms with Gasteiger partial charge in [-0.1, -0.05) is 13.0 Å². The maximum Gasteiger partial charge on any atom is 0.313 e. The molecule has 1 amide bonds. The number of hydrogen-bond acceptors (Lipinski definition) is 4. The van der Waals surface area contributed by atoms with E-state index in [0.717, 1.165) is 6.42 Å². The van der Waals surface area contributed by atoms with Gasteiger partial charge in [0.25, 0.3) is 5.91 Å². The molecule has 0 spiro atoms. The maximum atomic E-state index is 12.6. The quantitative estimate of drug-likeness (QED) is 0.831. The van der Waals surface area contributed by atoms with Gasteiger partial charge in [0.1, 0.15) is 11.2 Å². The van der Waals surface area contributed by atoms with E-state index in [9.17, 15) is 14.7 Å². The van der Waals surface area contributed by atoms with Crippen LogP contribution >= 0.6 is 0 Å². The Morgan fingerprint density at radius 2 is 2.17 bits per heavy atom. The minimum absolute atomic E-state index is 0.103. The van der Waals surface area contributed by atoms with E-state index in [1.54, 1.807) is 23.1 Å². The normalized spacial score (nSPS) is 20.5. The van der Waals surface area contributed by atoms with Gasteiger partial charge in [0, 0.05) is 25.8 Å². The molecule has 1 unspecified atom stereocenters. The van der Waals surface area contributed by atoms with Crippen LogP contribution in [0, 0.1) is 5.41 Å². The molecule has 0 bridgehead atoms. The molecule has 126 valence electrons. The molecule has 1 fully saturated rings. The highest BCUT2D eigenvalue weighted by Gasteiger charge is 2.46. The fraction of sp³-hybridized carbons (Fsp3) is 0.529. The molecule has 1 saturated heterocycles. The molecule has 1 heterocycles. The Hall–Kier alpha value is -2.08. The van der Waals surface area contributed by atoms with Crippen molar-refractivity contribution in [2.24, 2.45) is 5.41 Å². The molecule has 0 aliphatic carbocycles. The standard InChI is InChI=1S/C17H23NO5/c1-3-9-23-14-6-4-5-13(10-14)15(19)18-8-7-17(11-18,12-22-2)16(20)21/h4-6,10H,3,7-9,11-12H2,1-2H3,(H,20,21). The second-order valence-electron chi connectivity index (χ2n) is 5.87. The van der Waals surface area contributed by atoms with Crippen LogP contribution in [-0.4, -0.2) is 55.3 Å². The molecule has 0 radical (unpaired) electrons. The van der Waals surface area contributed by atoms with Gasteiger partial charge in [-0.3, -0.25) is 9.59 Å². The van der Waals surface area contributed by atoms with Crippen LogP contribution in [0.4, 0.5) is 0 Å². The summed E-state index contributed by atoms with van der Waals surface area (Å²) >= 11 is 0. The lowest BCUT2D eigenvalue weighted by atomic mass is 9.88. The van der Waals surface area contributed by atoms with Gasteiger partial charge in [0.15, 0.2) is 0 Å². The van der Waals surface area contributed by atoms with E-state index in [1.807, 2.05) is 13.0 Å². The number of benzene rings is 1. The van der Waals surface area contributed by atoms with Gasteiger partial charge in [0.2, 0.25) is 0 Å². The van der Waals surface area contributed by atoms with Crippen molar-refractivity contribution in [1.82, 2.24) is 4.90 Å². The number of amides is 1. The van der Waals surface area contributed by atoms with Crippen molar-refractivity contribution in [3.05, 3.63) is 29.8 Å². The predicted octanol–water partition coefficient (Wildman–Crippen LogP) is 2.04. The number of rotatable bonds is 7.